The molecule has 0 bridgehead atoms. The van der Waals surface area contributed by atoms with E-state index in [-0.39, 0.29) is 29.8 Å². The molecule has 0 unspecified atom stereocenters. The minimum atomic E-state index is 0. The molecule has 2 nitrogen and oxygen atoms in total. The summed E-state index contributed by atoms with van der Waals surface area (Å²) in [6.45, 7) is 0. The summed E-state index contributed by atoms with van der Waals surface area (Å²) in [4.78, 5) is 0. The van der Waals surface area contributed by atoms with Crippen LogP contribution in [0.25, 0.3) is 0 Å². The number of hydrogen-bond acceptors (Lipinski definition) is 6. The topological polar surface area (TPSA) is 18.5 Å². The molecule has 124 valence electrons. The van der Waals surface area contributed by atoms with Gasteiger partial charge in [0.05, 0.1) is 12.2 Å². The molecule has 0 aromatic carbocycles. The minimum Gasteiger partial charge on any atom is -0.510 e. The van der Waals surface area contributed by atoms with Gasteiger partial charge in [0.15, 0.2) is 0 Å². The Morgan fingerprint density at radius 2 is 0.952 bits per heavy atom. The van der Waals surface area contributed by atoms with Crippen LogP contribution in [0.5, 0.6) is 0 Å². The van der Waals surface area contributed by atoms with Crippen molar-refractivity contribution in [2.24, 2.45) is 0 Å². The Kier molecular flexibility index (Phi) is 13.9. The first-order chi connectivity index (χ1) is 9.58. The van der Waals surface area contributed by atoms with E-state index < -0.39 is 0 Å². The van der Waals surface area contributed by atoms with E-state index in [2.05, 4.69) is 49.7 Å². The second-order valence-electron chi connectivity index (χ2n) is 5.26. The summed E-state index contributed by atoms with van der Waals surface area (Å²) < 4.78 is 11.0. The second-order valence-corrected chi connectivity index (χ2v) is 7.26. The van der Waals surface area contributed by atoms with Gasteiger partial charge >= 0.3 is 21.1 Å². The third-order valence-electron chi connectivity index (χ3n) is 3.63. The van der Waals surface area contributed by atoms with Gasteiger partial charge in [-0.25, -0.2) is 0 Å². The SMILES string of the molecule is S=C([S-])OC1CCCCC1.S=C([S-])OC1CCCCC1.[Pt+2]. The Hall–Kier alpha value is 0.908. The van der Waals surface area contributed by atoms with Crippen molar-refractivity contribution >= 4 is 58.5 Å². The van der Waals surface area contributed by atoms with E-state index in [1.54, 1.807) is 0 Å². The Morgan fingerprint density at radius 1 is 0.667 bits per heavy atom. The quantitative estimate of drug-likeness (QED) is 0.377. The molecule has 0 aliphatic heterocycles. The normalized spacial score (nSPS) is 19.4. The van der Waals surface area contributed by atoms with Gasteiger partial charge in [-0.15, -0.1) is 0 Å². The molecule has 2 aliphatic rings. The summed E-state index contributed by atoms with van der Waals surface area (Å²) in [6, 6.07) is 0. The fourth-order valence-electron chi connectivity index (χ4n) is 2.64. The Bertz CT molecular complexity index is 273. The van der Waals surface area contributed by atoms with Crippen LogP contribution < -0.4 is 0 Å². The van der Waals surface area contributed by atoms with Gasteiger partial charge in [0, 0.05) is 8.77 Å². The van der Waals surface area contributed by atoms with E-state index >= 15 is 0 Å². The number of ether oxygens (including phenoxy) is 2. The monoisotopic (exact) mass is 545 g/mol. The van der Waals surface area contributed by atoms with Gasteiger partial charge in [0.25, 0.3) is 0 Å². The molecule has 0 heterocycles. The average molecular weight is 546 g/mol. The number of thiocarbonyl (C=S) groups is 2. The third kappa shape index (κ3) is 12.0. The van der Waals surface area contributed by atoms with Crippen LogP contribution in [0.3, 0.4) is 0 Å². The van der Waals surface area contributed by atoms with Crippen LogP contribution >= 0.6 is 24.4 Å². The summed E-state index contributed by atoms with van der Waals surface area (Å²) in [7, 11) is 0. The van der Waals surface area contributed by atoms with Gasteiger partial charge in [-0.2, -0.15) is 0 Å². The van der Waals surface area contributed by atoms with Crippen molar-refractivity contribution < 1.29 is 30.5 Å². The van der Waals surface area contributed by atoms with E-state index in [9.17, 15) is 0 Å². The molecule has 2 saturated carbocycles. The molecule has 0 aromatic rings. The molecule has 0 atom stereocenters. The van der Waals surface area contributed by atoms with Crippen molar-refractivity contribution in [3.05, 3.63) is 0 Å². The third-order valence-corrected chi connectivity index (χ3v) is 4.02. The number of hydrogen-bond donors (Lipinski definition) is 0. The van der Waals surface area contributed by atoms with Gasteiger partial charge < -0.3 is 59.2 Å². The molecule has 21 heavy (non-hydrogen) atoms. The zero-order valence-electron chi connectivity index (χ0n) is 12.0. The molecule has 2 rings (SSSR count). The summed E-state index contributed by atoms with van der Waals surface area (Å²) in [5.41, 5.74) is 0. The van der Waals surface area contributed by atoms with Crippen LogP contribution in [-0.4, -0.2) is 21.0 Å². The summed E-state index contributed by atoms with van der Waals surface area (Å²) in [6.07, 6.45) is 12.9. The van der Waals surface area contributed by atoms with Gasteiger partial charge in [-0.3, -0.25) is 0 Å². The second kappa shape index (κ2) is 13.4. The predicted molar refractivity (Wildman–Crippen MR) is 95.8 cm³/mol. The van der Waals surface area contributed by atoms with Crippen molar-refractivity contribution in [2.75, 3.05) is 0 Å². The molecular formula is C14H22O2PtS4. The first kappa shape index (κ1) is 21.9. The molecular weight excluding hydrogens is 523 g/mol. The van der Waals surface area contributed by atoms with Crippen LogP contribution in [0.2, 0.25) is 0 Å². The maximum absolute atomic E-state index is 5.24. The maximum atomic E-state index is 5.24. The largest absolute Gasteiger partial charge is 2.00 e. The van der Waals surface area contributed by atoms with Crippen molar-refractivity contribution in [1.29, 1.82) is 0 Å². The first-order valence-corrected chi connectivity index (χ1v) is 8.96. The van der Waals surface area contributed by atoms with Crippen LogP contribution in [0.4, 0.5) is 0 Å². The maximum Gasteiger partial charge on any atom is 2.00 e. The number of rotatable bonds is 2. The molecule has 0 N–H and O–H groups in total. The Morgan fingerprint density at radius 3 is 1.19 bits per heavy atom. The van der Waals surface area contributed by atoms with Gasteiger partial charge in [0.2, 0.25) is 0 Å². The Labute approximate surface area is 164 Å². The molecule has 0 radical (unpaired) electrons. The standard InChI is InChI=1S/2C7H12OS2.Pt/c2*9-7(10)8-6-4-2-1-3-5-6;/h2*6H,1-5H2,(H,9,10);/q;;+2/p-2. The van der Waals surface area contributed by atoms with E-state index in [0.29, 0.717) is 12.2 Å². The summed E-state index contributed by atoms with van der Waals surface area (Å²) in [5, 5.41) is 0. The molecule has 0 aromatic heterocycles. The summed E-state index contributed by atoms with van der Waals surface area (Å²) >= 11 is 18.7. The van der Waals surface area contributed by atoms with Crippen molar-refractivity contribution in [3.63, 3.8) is 0 Å². The van der Waals surface area contributed by atoms with Crippen LogP contribution in [0.15, 0.2) is 0 Å². The van der Waals surface area contributed by atoms with Crippen LogP contribution in [-0.2, 0) is 55.8 Å². The van der Waals surface area contributed by atoms with Crippen molar-refractivity contribution in [2.45, 2.75) is 76.4 Å². The van der Waals surface area contributed by atoms with Crippen LogP contribution in [0.1, 0.15) is 64.2 Å². The van der Waals surface area contributed by atoms with Gasteiger partial charge in [0.1, 0.15) is 0 Å². The first-order valence-electron chi connectivity index (χ1n) is 7.33. The van der Waals surface area contributed by atoms with E-state index in [1.807, 2.05) is 0 Å². The zero-order chi connectivity index (χ0) is 14.8. The van der Waals surface area contributed by atoms with E-state index in [4.69, 9.17) is 9.47 Å². The van der Waals surface area contributed by atoms with Crippen LogP contribution in [0, 0.1) is 0 Å². The average Bonchev–Trinajstić information content (AvgIpc) is 2.40. The summed E-state index contributed by atoms with van der Waals surface area (Å²) in [5.74, 6) is 0. The molecule has 0 amide bonds. The van der Waals surface area contributed by atoms with E-state index in [1.165, 1.54) is 38.5 Å². The van der Waals surface area contributed by atoms with Crippen molar-refractivity contribution in [1.82, 2.24) is 0 Å². The van der Waals surface area contributed by atoms with Gasteiger partial charge in [-0.1, -0.05) is 12.8 Å². The smallest absolute Gasteiger partial charge is 0.510 e. The molecule has 0 spiro atoms. The van der Waals surface area contributed by atoms with Gasteiger partial charge in [-0.05, 0) is 51.4 Å². The molecule has 2 aliphatic carbocycles. The molecule has 0 saturated heterocycles. The minimum absolute atomic E-state index is 0. The zero-order valence-corrected chi connectivity index (χ0v) is 17.5. The Balaban J connectivity index is 0.000000364. The fourth-order valence-corrected chi connectivity index (χ4v) is 3.18. The molecule has 7 heteroatoms. The molecule has 2 fully saturated rings. The predicted octanol–water partition coefficient (Wildman–Crippen LogP) is 4.33. The fraction of sp³-hybridized carbons (Fsp3) is 0.857. The van der Waals surface area contributed by atoms with Crippen molar-refractivity contribution in [3.8, 4) is 0 Å². The van der Waals surface area contributed by atoms with E-state index in [0.717, 1.165) is 25.7 Å².